The summed E-state index contributed by atoms with van der Waals surface area (Å²) >= 11 is 0. The van der Waals surface area contributed by atoms with E-state index in [4.69, 9.17) is 16.2 Å². The fourth-order valence-corrected chi connectivity index (χ4v) is 3.34. The smallest absolute Gasteiger partial charge is 0.343 e. The molecule has 2 aromatic carbocycles. The van der Waals surface area contributed by atoms with E-state index in [-0.39, 0.29) is 17.8 Å². The van der Waals surface area contributed by atoms with Gasteiger partial charge in [-0.05, 0) is 68.1 Å². The number of carbonyl (C=O) groups is 2. The Labute approximate surface area is 170 Å². The van der Waals surface area contributed by atoms with Gasteiger partial charge in [-0.3, -0.25) is 4.79 Å². The van der Waals surface area contributed by atoms with Crippen molar-refractivity contribution in [3.8, 4) is 5.75 Å². The second-order valence-corrected chi connectivity index (χ2v) is 7.15. The highest BCUT2D eigenvalue weighted by Crippen LogP contribution is 2.23. The van der Waals surface area contributed by atoms with Crippen molar-refractivity contribution in [1.29, 1.82) is 0 Å². The third kappa shape index (κ3) is 5.34. The molecule has 1 aliphatic rings. The number of hydrogen-bond donors (Lipinski definition) is 2. The van der Waals surface area contributed by atoms with E-state index in [9.17, 15) is 9.59 Å². The zero-order valence-electron chi connectivity index (χ0n) is 16.5. The number of benzene rings is 2. The van der Waals surface area contributed by atoms with E-state index in [0.29, 0.717) is 17.0 Å². The van der Waals surface area contributed by atoms with E-state index < -0.39 is 5.97 Å². The molecule has 4 N–H and O–H groups in total. The summed E-state index contributed by atoms with van der Waals surface area (Å²) in [6, 6.07) is 13.5. The van der Waals surface area contributed by atoms with Crippen molar-refractivity contribution in [3.63, 3.8) is 0 Å². The number of piperidine rings is 1. The first-order valence-electron chi connectivity index (χ1n) is 9.74. The number of guanidine groups is 1. The molecule has 0 spiro atoms. The van der Waals surface area contributed by atoms with Gasteiger partial charge in [0.05, 0.1) is 17.2 Å². The molecule has 0 aromatic heterocycles. The number of carbonyl (C=O) groups excluding carboxylic acids is 2. The Kier molecular flexibility index (Phi) is 6.49. The third-order valence-electron chi connectivity index (χ3n) is 4.99. The fourth-order valence-electron chi connectivity index (χ4n) is 3.34. The molecule has 0 aliphatic carbocycles. The average molecular weight is 394 g/mol. The van der Waals surface area contributed by atoms with Crippen molar-refractivity contribution in [2.45, 2.75) is 32.1 Å². The van der Waals surface area contributed by atoms with Crippen LogP contribution in [0.3, 0.4) is 0 Å². The molecule has 1 amide bonds. The predicted molar refractivity (Wildman–Crippen MR) is 112 cm³/mol. The summed E-state index contributed by atoms with van der Waals surface area (Å²) in [4.78, 5) is 30.8. The van der Waals surface area contributed by atoms with Crippen molar-refractivity contribution in [1.82, 2.24) is 4.90 Å². The van der Waals surface area contributed by atoms with Crippen LogP contribution < -0.4 is 16.2 Å². The Morgan fingerprint density at radius 1 is 0.966 bits per heavy atom. The molecular formula is C22H26N4O3. The Bertz CT molecular complexity index is 881. The summed E-state index contributed by atoms with van der Waals surface area (Å²) in [5, 5.41) is 0. The lowest BCUT2D eigenvalue weighted by molar-refractivity contribution is -0.133. The summed E-state index contributed by atoms with van der Waals surface area (Å²) in [6.07, 6.45) is 3.33. The Morgan fingerprint density at radius 3 is 2.17 bits per heavy atom. The van der Waals surface area contributed by atoms with Gasteiger partial charge < -0.3 is 21.1 Å². The molecule has 7 heteroatoms. The number of rotatable bonds is 5. The van der Waals surface area contributed by atoms with Crippen LogP contribution in [-0.2, 0) is 4.79 Å². The molecule has 1 unspecified atom stereocenters. The Hall–Kier alpha value is -3.35. The summed E-state index contributed by atoms with van der Waals surface area (Å²) < 4.78 is 5.41. The molecule has 0 bridgehead atoms. The van der Waals surface area contributed by atoms with Gasteiger partial charge in [-0.15, -0.1) is 0 Å². The molecule has 2 aromatic rings. The van der Waals surface area contributed by atoms with Crippen LogP contribution in [-0.4, -0.2) is 35.8 Å². The van der Waals surface area contributed by atoms with Crippen LogP contribution in [0.1, 0.15) is 48.0 Å². The van der Waals surface area contributed by atoms with Gasteiger partial charge in [-0.25, -0.2) is 9.79 Å². The molecule has 1 saturated heterocycles. The molecule has 1 fully saturated rings. The van der Waals surface area contributed by atoms with Crippen LogP contribution in [0.15, 0.2) is 53.5 Å². The molecular weight excluding hydrogens is 368 g/mol. The maximum absolute atomic E-state index is 12.7. The second-order valence-electron chi connectivity index (χ2n) is 7.15. The largest absolute Gasteiger partial charge is 0.423 e. The lowest BCUT2D eigenvalue weighted by Crippen LogP contribution is -2.38. The number of esters is 1. The van der Waals surface area contributed by atoms with Crippen LogP contribution >= 0.6 is 0 Å². The van der Waals surface area contributed by atoms with E-state index >= 15 is 0 Å². The van der Waals surface area contributed by atoms with E-state index in [2.05, 4.69) is 4.99 Å². The van der Waals surface area contributed by atoms with Gasteiger partial charge >= 0.3 is 5.97 Å². The summed E-state index contributed by atoms with van der Waals surface area (Å²) in [5.41, 5.74) is 12.5. The average Bonchev–Trinajstić information content (AvgIpc) is 2.74. The first-order chi connectivity index (χ1) is 13.9. The SMILES string of the molecule is CC(C(=O)N1CCCCC1)c1ccc(OC(=O)c2ccc(N=C(N)N)cc2)cc1. The maximum Gasteiger partial charge on any atom is 0.343 e. The predicted octanol–water partition coefficient (Wildman–Crippen LogP) is 2.93. The van der Waals surface area contributed by atoms with Gasteiger partial charge in [0.2, 0.25) is 5.91 Å². The van der Waals surface area contributed by atoms with Crippen molar-refractivity contribution in [3.05, 3.63) is 59.7 Å². The molecule has 1 atom stereocenters. The van der Waals surface area contributed by atoms with Gasteiger partial charge in [0.25, 0.3) is 0 Å². The van der Waals surface area contributed by atoms with Crippen LogP contribution in [0.25, 0.3) is 0 Å². The summed E-state index contributed by atoms with van der Waals surface area (Å²) in [6.45, 7) is 3.58. The van der Waals surface area contributed by atoms with Gasteiger partial charge in [0, 0.05) is 13.1 Å². The molecule has 0 saturated carbocycles. The highest BCUT2D eigenvalue weighted by molar-refractivity contribution is 5.91. The minimum Gasteiger partial charge on any atom is -0.423 e. The molecule has 7 nitrogen and oxygen atoms in total. The first-order valence-corrected chi connectivity index (χ1v) is 9.74. The van der Waals surface area contributed by atoms with Crippen LogP contribution in [0, 0.1) is 0 Å². The number of ether oxygens (including phenoxy) is 1. The molecule has 29 heavy (non-hydrogen) atoms. The maximum atomic E-state index is 12.7. The van der Waals surface area contributed by atoms with Crippen molar-refractivity contribution < 1.29 is 14.3 Å². The number of nitrogens with two attached hydrogens (primary N) is 2. The number of amides is 1. The van der Waals surface area contributed by atoms with Gasteiger partial charge in [0.1, 0.15) is 5.75 Å². The third-order valence-corrected chi connectivity index (χ3v) is 4.99. The zero-order valence-corrected chi connectivity index (χ0v) is 16.5. The van der Waals surface area contributed by atoms with Crippen molar-refractivity contribution in [2.75, 3.05) is 13.1 Å². The summed E-state index contributed by atoms with van der Waals surface area (Å²) in [7, 11) is 0. The van der Waals surface area contributed by atoms with Crippen molar-refractivity contribution >= 4 is 23.5 Å². The molecule has 1 heterocycles. The topological polar surface area (TPSA) is 111 Å². The molecule has 152 valence electrons. The monoisotopic (exact) mass is 394 g/mol. The normalized spacial score (nSPS) is 14.7. The molecule has 0 radical (unpaired) electrons. The van der Waals surface area contributed by atoms with Gasteiger partial charge in [0.15, 0.2) is 5.96 Å². The Balaban J connectivity index is 1.61. The highest BCUT2D eigenvalue weighted by Gasteiger charge is 2.23. The standard InChI is InChI=1S/C22H26N4O3/c1-15(20(27)26-13-3-2-4-14-26)16-7-11-19(12-8-16)29-21(28)17-5-9-18(10-6-17)25-22(23)24/h5-12,15H,2-4,13-14H2,1H3,(H4,23,24,25). The van der Waals surface area contributed by atoms with Crippen LogP contribution in [0.5, 0.6) is 5.75 Å². The number of aliphatic imine (C=N–C) groups is 1. The van der Waals surface area contributed by atoms with Crippen LogP contribution in [0.4, 0.5) is 5.69 Å². The molecule has 3 rings (SSSR count). The van der Waals surface area contributed by atoms with Gasteiger partial charge in [-0.1, -0.05) is 12.1 Å². The number of nitrogens with zero attached hydrogens (tertiary/aromatic N) is 2. The fraction of sp³-hybridized carbons (Fsp3) is 0.318. The number of likely N-dealkylation sites (tertiary alicyclic amines) is 1. The van der Waals surface area contributed by atoms with Crippen molar-refractivity contribution in [2.24, 2.45) is 16.5 Å². The highest BCUT2D eigenvalue weighted by atomic mass is 16.5. The zero-order chi connectivity index (χ0) is 20.8. The lowest BCUT2D eigenvalue weighted by atomic mass is 9.98. The first kappa shape index (κ1) is 20.4. The van der Waals surface area contributed by atoms with Crippen LogP contribution in [0.2, 0.25) is 0 Å². The number of hydrogen-bond acceptors (Lipinski definition) is 4. The lowest BCUT2D eigenvalue weighted by Gasteiger charge is -2.29. The van der Waals surface area contributed by atoms with E-state index in [1.165, 1.54) is 6.42 Å². The van der Waals surface area contributed by atoms with E-state index in [1.54, 1.807) is 36.4 Å². The van der Waals surface area contributed by atoms with E-state index in [1.807, 2.05) is 24.0 Å². The Morgan fingerprint density at radius 2 is 1.59 bits per heavy atom. The minimum absolute atomic E-state index is 0.0478. The van der Waals surface area contributed by atoms with Gasteiger partial charge in [-0.2, -0.15) is 0 Å². The van der Waals surface area contributed by atoms with E-state index in [0.717, 1.165) is 31.5 Å². The molecule has 1 aliphatic heterocycles. The second kappa shape index (κ2) is 9.23. The quantitative estimate of drug-likeness (QED) is 0.351. The summed E-state index contributed by atoms with van der Waals surface area (Å²) in [5.74, 6) is -0.180. The minimum atomic E-state index is -0.480.